The Bertz CT molecular complexity index is 1520. The average molecular weight is 570 g/mol. The summed E-state index contributed by atoms with van der Waals surface area (Å²) >= 11 is 0. The minimum Gasteiger partial charge on any atom is -0.358 e. The van der Waals surface area contributed by atoms with Crippen LogP contribution < -0.4 is 11.1 Å². The minimum absolute atomic E-state index is 0.0697. The lowest BCUT2D eigenvalue weighted by Crippen LogP contribution is -2.35. The Labute approximate surface area is 259 Å². The standard InChI is InChI=1S/C40H47N3/c1-30-14-12-17-32(26-30)37-24-25-40(2,34-19-8-4-9-20-34)28-38(37)42-35-21-13-18-33(27-35)39(41)43(36-22-10-5-11-23-36)29-31-15-6-3-7-16-31/h4,6,8-10,13,15-25,27,30,39,42H,3,5,7,11-12,14,26,28-29,41H2,1-2H3/t30?,39-,40?/m0/s1. The number of allylic oxidation sites excluding steroid dienone is 11. The Morgan fingerprint density at radius 3 is 2.47 bits per heavy atom. The number of rotatable bonds is 9. The molecule has 0 aliphatic heterocycles. The molecule has 3 heteroatoms. The number of nitrogens with zero attached hydrogens (tertiary/aromatic N) is 1. The van der Waals surface area contributed by atoms with Crippen molar-refractivity contribution < 1.29 is 0 Å². The second kappa shape index (κ2) is 13.2. The van der Waals surface area contributed by atoms with Gasteiger partial charge < -0.3 is 16.0 Å². The molecule has 2 unspecified atom stereocenters. The third kappa shape index (κ3) is 6.89. The van der Waals surface area contributed by atoms with Crippen molar-refractivity contribution in [2.45, 2.75) is 76.8 Å². The van der Waals surface area contributed by atoms with E-state index in [9.17, 15) is 0 Å². The Kier molecular flexibility index (Phi) is 9.00. The number of nitrogens with one attached hydrogen (secondary N) is 1. The molecule has 0 spiro atoms. The molecule has 3 nitrogen and oxygen atoms in total. The highest BCUT2D eigenvalue weighted by molar-refractivity contribution is 5.59. The largest absolute Gasteiger partial charge is 0.358 e. The SMILES string of the molecule is CC1CCC=C(C2=C(Nc3cccc([C@@H](N)N(CC4=CCCC=C4)C4=CCCC=C4)c3)CC(C)(c3ccccc3)C=C2)C1. The zero-order valence-corrected chi connectivity index (χ0v) is 25.9. The molecule has 0 heterocycles. The first-order chi connectivity index (χ1) is 21.0. The maximum absolute atomic E-state index is 7.11. The molecule has 6 rings (SSSR count). The maximum Gasteiger partial charge on any atom is 0.104 e. The number of hydrogen-bond donors (Lipinski definition) is 2. The lowest BCUT2D eigenvalue weighted by atomic mass is 9.72. The Balaban J connectivity index is 1.31. The number of nitrogens with two attached hydrogens (primary N) is 1. The smallest absolute Gasteiger partial charge is 0.104 e. The van der Waals surface area contributed by atoms with Gasteiger partial charge in [-0.2, -0.15) is 0 Å². The molecular formula is C40H47N3. The molecule has 0 saturated carbocycles. The lowest BCUT2D eigenvalue weighted by Gasteiger charge is -2.35. The zero-order chi connectivity index (χ0) is 29.6. The molecule has 0 amide bonds. The first-order valence-corrected chi connectivity index (χ1v) is 16.3. The zero-order valence-electron chi connectivity index (χ0n) is 25.9. The summed E-state index contributed by atoms with van der Waals surface area (Å²) in [4.78, 5) is 2.37. The summed E-state index contributed by atoms with van der Waals surface area (Å²) in [6, 6.07) is 19.7. The van der Waals surface area contributed by atoms with Gasteiger partial charge >= 0.3 is 0 Å². The molecule has 4 aliphatic carbocycles. The van der Waals surface area contributed by atoms with Crippen molar-refractivity contribution >= 4 is 5.69 Å². The van der Waals surface area contributed by atoms with Gasteiger partial charge in [-0.05, 0) is 96.9 Å². The lowest BCUT2D eigenvalue weighted by molar-refractivity contribution is 0.289. The van der Waals surface area contributed by atoms with Crippen LogP contribution in [0.4, 0.5) is 5.69 Å². The van der Waals surface area contributed by atoms with Gasteiger partial charge in [0.05, 0.1) is 0 Å². The summed E-state index contributed by atoms with van der Waals surface area (Å²) in [7, 11) is 0. The van der Waals surface area contributed by atoms with Gasteiger partial charge in [-0.3, -0.25) is 0 Å². The van der Waals surface area contributed by atoms with Crippen molar-refractivity contribution in [1.82, 2.24) is 4.90 Å². The van der Waals surface area contributed by atoms with Crippen LogP contribution in [0.3, 0.4) is 0 Å². The third-order valence-corrected chi connectivity index (χ3v) is 9.48. The first kappa shape index (κ1) is 29.3. The Hall–Kier alpha value is -3.82. The van der Waals surface area contributed by atoms with E-state index < -0.39 is 0 Å². The summed E-state index contributed by atoms with van der Waals surface area (Å²) in [5, 5.41) is 3.93. The van der Waals surface area contributed by atoms with E-state index in [1.165, 1.54) is 40.1 Å². The fraction of sp³-hybridized carbons (Fsp3) is 0.350. The van der Waals surface area contributed by atoms with E-state index in [1.54, 1.807) is 0 Å². The van der Waals surface area contributed by atoms with Crippen LogP contribution in [0.2, 0.25) is 0 Å². The summed E-state index contributed by atoms with van der Waals surface area (Å²) < 4.78 is 0. The molecular weight excluding hydrogens is 522 g/mol. The van der Waals surface area contributed by atoms with Crippen LogP contribution in [0, 0.1) is 5.92 Å². The molecule has 0 fully saturated rings. The van der Waals surface area contributed by atoms with Gasteiger partial charge in [-0.15, -0.1) is 0 Å². The van der Waals surface area contributed by atoms with Crippen LogP contribution >= 0.6 is 0 Å². The monoisotopic (exact) mass is 569 g/mol. The van der Waals surface area contributed by atoms with E-state index in [1.807, 2.05) is 0 Å². The summed E-state index contributed by atoms with van der Waals surface area (Å²) in [5.74, 6) is 0.717. The molecule has 2 aromatic rings. The number of anilines is 1. The van der Waals surface area contributed by atoms with E-state index in [2.05, 4.69) is 133 Å². The summed E-state index contributed by atoms with van der Waals surface area (Å²) in [5.41, 5.74) is 17.3. The van der Waals surface area contributed by atoms with Crippen molar-refractivity contribution in [1.29, 1.82) is 0 Å². The van der Waals surface area contributed by atoms with Crippen LogP contribution in [0.5, 0.6) is 0 Å². The highest BCUT2D eigenvalue weighted by atomic mass is 15.2. The van der Waals surface area contributed by atoms with E-state index in [0.29, 0.717) is 5.92 Å². The quantitative estimate of drug-likeness (QED) is 0.295. The fourth-order valence-electron chi connectivity index (χ4n) is 6.94. The van der Waals surface area contributed by atoms with Crippen LogP contribution in [-0.2, 0) is 5.41 Å². The second-order valence-electron chi connectivity index (χ2n) is 13.0. The molecule has 3 atom stereocenters. The van der Waals surface area contributed by atoms with Gasteiger partial charge in [0.1, 0.15) is 6.17 Å². The van der Waals surface area contributed by atoms with Gasteiger partial charge in [0.25, 0.3) is 0 Å². The molecule has 2 aromatic carbocycles. The molecule has 0 bridgehead atoms. The normalized spacial score (nSPS) is 24.3. The summed E-state index contributed by atoms with van der Waals surface area (Å²) in [6.07, 6.45) is 29.7. The molecule has 0 saturated heterocycles. The predicted octanol–water partition coefficient (Wildman–Crippen LogP) is 9.79. The van der Waals surface area contributed by atoms with Crippen molar-refractivity contribution in [2.24, 2.45) is 11.7 Å². The molecule has 0 radical (unpaired) electrons. The summed E-state index contributed by atoms with van der Waals surface area (Å²) in [6.45, 7) is 5.56. The van der Waals surface area contributed by atoms with E-state index in [4.69, 9.17) is 5.73 Å². The van der Waals surface area contributed by atoms with Gasteiger partial charge in [0.2, 0.25) is 0 Å². The average Bonchev–Trinajstić information content (AvgIpc) is 3.05. The van der Waals surface area contributed by atoms with Crippen molar-refractivity contribution in [3.8, 4) is 0 Å². The molecule has 3 N–H and O–H groups in total. The van der Waals surface area contributed by atoms with Gasteiger partial charge in [-0.1, -0.05) is 105 Å². The van der Waals surface area contributed by atoms with Crippen LogP contribution in [0.25, 0.3) is 0 Å². The van der Waals surface area contributed by atoms with Gasteiger partial charge in [0, 0.05) is 35.5 Å². The fourth-order valence-corrected chi connectivity index (χ4v) is 6.94. The van der Waals surface area contributed by atoms with Crippen molar-refractivity contribution in [2.75, 3.05) is 11.9 Å². The second-order valence-corrected chi connectivity index (χ2v) is 13.0. The molecule has 4 aliphatic rings. The predicted molar refractivity (Wildman–Crippen MR) is 182 cm³/mol. The van der Waals surface area contributed by atoms with Crippen molar-refractivity contribution in [3.63, 3.8) is 0 Å². The molecule has 0 aromatic heterocycles. The maximum atomic E-state index is 7.11. The minimum atomic E-state index is -0.247. The molecule has 43 heavy (non-hydrogen) atoms. The van der Waals surface area contributed by atoms with Crippen molar-refractivity contribution in [3.05, 3.63) is 149 Å². The first-order valence-electron chi connectivity index (χ1n) is 16.3. The highest BCUT2D eigenvalue weighted by Gasteiger charge is 2.31. The Morgan fingerprint density at radius 1 is 0.907 bits per heavy atom. The third-order valence-electron chi connectivity index (χ3n) is 9.48. The number of hydrogen-bond acceptors (Lipinski definition) is 3. The van der Waals surface area contributed by atoms with Crippen LogP contribution in [0.15, 0.2) is 137 Å². The van der Waals surface area contributed by atoms with E-state index >= 15 is 0 Å². The highest BCUT2D eigenvalue weighted by Crippen LogP contribution is 2.42. The topological polar surface area (TPSA) is 41.3 Å². The number of benzene rings is 2. The Morgan fingerprint density at radius 2 is 1.72 bits per heavy atom. The van der Waals surface area contributed by atoms with Crippen LogP contribution in [0.1, 0.15) is 82.5 Å². The van der Waals surface area contributed by atoms with E-state index in [-0.39, 0.29) is 11.6 Å². The van der Waals surface area contributed by atoms with E-state index in [0.717, 1.165) is 62.7 Å². The molecule has 222 valence electrons. The van der Waals surface area contributed by atoms with Gasteiger partial charge in [0.15, 0.2) is 0 Å². The van der Waals surface area contributed by atoms with Gasteiger partial charge in [-0.25, -0.2) is 0 Å². The van der Waals surface area contributed by atoms with Crippen LogP contribution in [-0.4, -0.2) is 11.4 Å².